The fourth-order valence-corrected chi connectivity index (χ4v) is 3.59. The maximum Gasteiger partial charge on any atom is 0.256 e. The monoisotopic (exact) mass is 314 g/mol. The minimum Gasteiger partial charge on any atom is -0.299 e. The molecule has 2 rings (SSSR count). The highest BCUT2D eigenvalue weighted by molar-refractivity contribution is 5.41. The van der Waals surface area contributed by atoms with Gasteiger partial charge in [-0.05, 0) is 31.6 Å². The lowest BCUT2D eigenvalue weighted by Crippen LogP contribution is -2.33. The van der Waals surface area contributed by atoms with Crippen LogP contribution in [0.25, 0.3) is 0 Å². The number of hydrogen-bond acceptors (Lipinski definition) is 2. The summed E-state index contributed by atoms with van der Waals surface area (Å²) in [4.78, 5) is 17.5. The van der Waals surface area contributed by atoms with Crippen LogP contribution in [0.1, 0.15) is 72.2 Å². The van der Waals surface area contributed by atoms with Crippen LogP contribution in [-0.4, -0.2) is 9.55 Å². The van der Waals surface area contributed by atoms with Gasteiger partial charge in [-0.25, -0.2) is 4.98 Å². The molecule has 3 nitrogen and oxygen atoms in total. The Balaban J connectivity index is 2.65. The molecule has 3 heteroatoms. The Morgan fingerprint density at radius 1 is 1.26 bits per heavy atom. The van der Waals surface area contributed by atoms with Crippen molar-refractivity contribution in [2.75, 3.05) is 0 Å². The van der Waals surface area contributed by atoms with Crippen LogP contribution in [0.5, 0.6) is 0 Å². The van der Waals surface area contributed by atoms with Gasteiger partial charge in [0, 0.05) is 18.8 Å². The second-order valence-electron chi connectivity index (χ2n) is 7.84. The molecule has 1 aliphatic carbocycles. The van der Waals surface area contributed by atoms with Gasteiger partial charge < -0.3 is 0 Å². The zero-order valence-electron chi connectivity index (χ0n) is 15.8. The van der Waals surface area contributed by atoms with E-state index >= 15 is 0 Å². The number of allylic oxidation sites excluding steroid dienone is 4. The van der Waals surface area contributed by atoms with E-state index in [2.05, 4.69) is 54.5 Å². The van der Waals surface area contributed by atoms with E-state index in [0.717, 1.165) is 17.8 Å². The Kier molecular flexibility index (Phi) is 4.70. The van der Waals surface area contributed by atoms with Crippen molar-refractivity contribution in [2.24, 2.45) is 13.0 Å². The molecule has 1 aromatic heterocycles. The summed E-state index contributed by atoms with van der Waals surface area (Å²) in [6.45, 7) is 15.0. The standard InChI is InChI=1S/C20H30N2O/c1-9-15-14(4)12(2)10-13(3)17(15)18-21-11-16(20(5,6)7)19(23)22(18)8/h10-12,17H,9H2,1-8H3. The topological polar surface area (TPSA) is 34.9 Å². The average molecular weight is 314 g/mol. The Morgan fingerprint density at radius 3 is 2.39 bits per heavy atom. The first kappa shape index (κ1) is 17.7. The average Bonchev–Trinajstić information content (AvgIpc) is 2.44. The largest absolute Gasteiger partial charge is 0.299 e. The predicted molar refractivity (Wildman–Crippen MR) is 96.8 cm³/mol. The second-order valence-corrected chi connectivity index (χ2v) is 7.84. The summed E-state index contributed by atoms with van der Waals surface area (Å²) in [6.07, 6.45) is 5.08. The number of rotatable bonds is 2. The van der Waals surface area contributed by atoms with Gasteiger partial charge in [0.25, 0.3) is 5.56 Å². The van der Waals surface area contributed by atoms with Crippen molar-refractivity contribution in [3.63, 3.8) is 0 Å². The highest BCUT2D eigenvalue weighted by atomic mass is 16.1. The number of aromatic nitrogens is 2. The predicted octanol–water partition coefficient (Wildman–Crippen LogP) is 4.48. The van der Waals surface area contributed by atoms with Crippen LogP contribution in [0.3, 0.4) is 0 Å². The molecule has 0 saturated heterocycles. The van der Waals surface area contributed by atoms with Gasteiger partial charge in [-0.1, -0.05) is 57.4 Å². The van der Waals surface area contributed by atoms with E-state index in [4.69, 9.17) is 4.98 Å². The Labute approximate surface area is 140 Å². The molecule has 0 fully saturated rings. The molecule has 2 unspecified atom stereocenters. The summed E-state index contributed by atoms with van der Waals surface area (Å²) >= 11 is 0. The SMILES string of the molecule is CCC1=C(C)C(C)C=C(C)C1c1ncc(C(C)(C)C)c(=O)n1C. The van der Waals surface area contributed by atoms with Crippen LogP contribution in [0.4, 0.5) is 0 Å². The van der Waals surface area contributed by atoms with Crippen molar-refractivity contribution in [3.05, 3.63) is 50.7 Å². The lowest BCUT2D eigenvalue weighted by atomic mass is 9.77. The Morgan fingerprint density at radius 2 is 1.87 bits per heavy atom. The lowest BCUT2D eigenvalue weighted by Gasteiger charge is -2.31. The Bertz CT molecular complexity index is 729. The molecule has 0 spiro atoms. The Hall–Kier alpha value is -1.64. The molecule has 23 heavy (non-hydrogen) atoms. The van der Waals surface area contributed by atoms with Crippen molar-refractivity contribution >= 4 is 0 Å². The summed E-state index contributed by atoms with van der Waals surface area (Å²) in [5, 5.41) is 0. The molecule has 1 aliphatic rings. The van der Waals surface area contributed by atoms with Crippen LogP contribution < -0.4 is 5.56 Å². The van der Waals surface area contributed by atoms with Crippen LogP contribution >= 0.6 is 0 Å². The third kappa shape index (κ3) is 3.06. The first-order chi connectivity index (χ1) is 10.6. The summed E-state index contributed by atoms with van der Waals surface area (Å²) in [6, 6.07) is 0. The molecular weight excluding hydrogens is 284 g/mol. The smallest absolute Gasteiger partial charge is 0.256 e. The van der Waals surface area contributed by atoms with E-state index in [1.54, 1.807) is 10.8 Å². The van der Waals surface area contributed by atoms with Gasteiger partial charge in [0.1, 0.15) is 5.82 Å². The van der Waals surface area contributed by atoms with Gasteiger partial charge in [-0.15, -0.1) is 0 Å². The van der Waals surface area contributed by atoms with E-state index < -0.39 is 0 Å². The van der Waals surface area contributed by atoms with Crippen molar-refractivity contribution in [1.82, 2.24) is 9.55 Å². The maximum atomic E-state index is 12.8. The number of nitrogens with zero attached hydrogens (tertiary/aromatic N) is 2. The minimum atomic E-state index is -0.189. The highest BCUT2D eigenvalue weighted by Gasteiger charge is 2.29. The molecular formula is C20H30N2O. The molecule has 1 aromatic rings. The lowest BCUT2D eigenvalue weighted by molar-refractivity contribution is 0.554. The van der Waals surface area contributed by atoms with Crippen molar-refractivity contribution in [1.29, 1.82) is 0 Å². The highest BCUT2D eigenvalue weighted by Crippen LogP contribution is 2.40. The van der Waals surface area contributed by atoms with E-state index in [0.29, 0.717) is 5.92 Å². The van der Waals surface area contributed by atoms with Crippen molar-refractivity contribution in [3.8, 4) is 0 Å². The van der Waals surface area contributed by atoms with E-state index in [-0.39, 0.29) is 16.9 Å². The fraction of sp³-hybridized carbons (Fsp3) is 0.600. The van der Waals surface area contributed by atoms with Gasteiger partial charge in [-0.3, -0.25) is 9.36 Å². The van der Waals surface area contributed by atoms with Gasteiger partial charge in [-0.2, -0.15) is 0 Å². The first-order valence-electron chi connectivity index (χ1n) is 8.53. The fourth-order valence-electron chi connectivity index (χ4n) is 3.59. The molecule has 0 bridgehead atoms. The summed E-state index contributed by atoms with van der Waals surface area (Å²) in [5.74, 6) is 1.45. The molecule has 126 valence electrons. The van der Waals surface area contributed by atoms with Crippen LogP contribution in [0.2, 0.25) is 0 Å². The first-order valence-corrected chi connectivity index (χ1v) is 8.53. The third-order valence-corrected chi connectivity index (χ3v) is 5.16. The van der Waals surface area contributed by atoms with E-state index in [9.17, 15) is 4.79 Å². The van der Waals surface area contributed by atoms with Crippen molar-refractivity contribution < 1.29 is 0 Å². The normalized spacial score (nSPS) is 22.3. The van der Waals surface area contributed by atoms with Gasteiger partial charge in [0.15, 0.2) is 0 Å². The molecule has 2 atom stereocenters. The van der Waals surface area contributed by atoms with Crippen LogP contribution in [-0.2, 0) is 12.5 Å². The molecule has 0 aromatic carbocycles. The molecule has 0 radical (unpaired) electrons. The zero-order chi connectivity index (χ0) is 17.5. The minimum absolute atomic E-state index is 0.0713. The second kappa shape index (κ2) is 6.10. The number of hydrogen-bond donors (Lipinski definition) is 0. The van der Waals surface area contributed by atoms with Crippen LogP contribution in [0.15, 0.2) is 33.8 Å². The maximum absolute atomic E-state index is 12.8. The summed E-state index contributed by atoms with van der Waals surface area (Å²) < 4.78 is 1.75. The van der Waals surface area contributed by atoms with Gasteiger partial charge in [0.2, 0.25) is 0 Å². The van der Waals surface area contributed by atoms with Crippen molar-refractivity contribution in [2.45, 2.75) is 66.2 Å². The van der Waals surface area contributed by atoms with Gasteiger partial charge >= 0.3 is 0 Å². The van der Waals surface area contributed by atoms with E-state index in [1.807, 2.05) is 7.05 Å². The summed E-state index contributed by atoms with van der Waals surface area (Å²) in [5.41, 5.74) is 4.77. The molecule has 1 heterocycles. The molecule has 0 saturated carbocycles. The zero-order valence-corrected chi connectivity index (χ0v) is 15.8. The molecule has 0 aliphatic heterocycles. The molecule has 0 amide bonds. The quantitative estimate of drug-likeness (QED) is 0.754. The van der Waals surface area contributed by atoms with E-state index in [1.165, 1.54) is 16.7 Å². The third-order valence-electron chi connectivity index (χ3n) is 5.16. The van der Waals surface area contributed by atoms with Crippen LogP contribution in [0, 0.1) is 5.92 Å². The summed E-state index contributed by atoms with van der Waals surface area (Å²) in [7, 11) is 1.85. The molecule has 0 N–H and O–H groups in total. The van der Waals surface area contributed by atoms with Gasteiger partial charge in [0.05, 0.1) is 5.92 Å².